The first kappa shape index (κ1) is 16.7. The molecule has 0 saturated heterocycles. The SMILES string of the molecule is CCOC(=O)C1=C(Cc2ccccc2F)C2(CCCCC2)OC1=O. The molecule has 3 rings (SSSR count). The van der Waals surface area contributed by atoms with E-state index in [0.29, 0.717) is 24.0 Å². The van der Waals surface area contributed by atoms with Gasteiger partial charge in [-0.05, 0) is 49.8 Å². The summed E-state index contributed by atoms with van der Waals surface area (Å²) in [6, 6.07) is 6.41. The summed E-state index contributed by atoms with van der Waals surface area (Å²) in [7, 11) is 0. The molecule has 0 bridgehead atoms. The van der Waals surface area contributed by atoms with Gasteiger partial charge in [0.15, 0.2) is 0 Å². The Balaban J connectivity index is 2.05. The van der Waals surface area contributed by atoms with E-state index in [-0.39, 0.29) is 24.4 Å². The van der Waals surface area contributed by atoms with Crippen LogP contribution in [0.1, 0.15) is 44.6 Å². The summed E-state index contributed by atoms with van der Waals surface area (Å²) in [6.07, 6.45) is 4.44. The number of benzene rings is 1. The number of rotatable bonds is 4. The van der Waals surface area contributed by atoms with E-state index in [0.717, 1.165) is 19.3 Å². The Kier molecular flexibility index (Phi) is 4.69. The molecule has 1 heterocycles. The molecule has 0 radical (unpaired) electrons. The third-order valence-corrected chi connectivity index (χ3v) is 4.81. The first-order valence-electron chi connectivity index (χ1n) is 8.45. The van der Waals surface area contributed by atoms with Gasteiger partial charge in [0.25, 0.3) is 0 Å². The van der Waals surface area contributed by atoms with Crippen LogP contribution >= 0.6 is 0 Å². The van der Waals surface area contributed by atoms with Crippen LogP contribution in [0.3, 0.4) is 0 Å². The Hall–Kier alpha value is -2.17. The molecule has 4 nitrogen and oxygen atoms in total. The monoisotopic (exact) mass is 332 g/mol. The average Bonchev–Trinajstić information content (AvgIpc) is 2.82. The zero-order valence-corrected chi connectivity index (χ0v) is 13.8. The lowest BCUT2D eigenvalue weighted by molar-refractivity contribution is -0.152. The first-order valence-corrected chi connectivity index (χ1v) is 8.45. The van der Waals surface area contributed by atoms with E-state index in [9.17, 15) is 14.0 Å². The molecule has 0 unspecified atom stereocenters. The van der Waals surface area contributed by atoms with Gasteiger partial charge in [-0.1, -0.05) is 24.6 Å². The molecule has 0 atom stereocenters. The van der Waals surface area contributed by atoms with Crippen molar-refractivity contribution in [1.82, 2.24) is 0 Å². The second-order valence-corrected chi connectivity index (χ2v) is 6.29. The fraction of sp³-hybridized carbons (Fsp3) is 0.474. The summed E-state index contributed by atoms with van der Waals surface area (Å²) < 4.78 is 24.8. The van der Waals surface area contributed by atoms with Crippen molar-refractivity contribution in [3.63, 3.8) is 0 Å². The molecule has 1 aliphatic heterocycles. The number of carbonyl (C=O) groups excluding carboxylic acids is 2. The van der Waals surface area contributed by atoms with Crippen LogP contribution in [0.25, 0.3) is 0 Å². The van der Waals surface area contributed by atoms with Gasteiger partial charge in [0, 0.05) is 6.42 Å². The molecule has 24 heavy (non-hydrogen) atoms. The van der Waals surface area contributed by atoms with E-state index in [1.165, 1.54) is 6.07 Å². The molecule has 1 aliphatic carbocycles. The molecule has 2 aliphatic rings. The van der Waals surface area contributed by atoms with Gasteiger partial charge < -0.3 is 9.47 Å². The molecule has 5 heteroatoms. The first-order chi connectivity index (χ1) is 11.6. The number of esters is 2. The molecule has 0 N–H and O–H groups in total. The van der Waals surface area contributed by atoms with Crippen LogP contribution in [0.4, 0.5) is 4.39 Å². The number of hydrogen-bond donors (Lipinski definition) is 0. The smallest absolute Gasteiger partial charge is 0.346 e. The van der Waals surface area contributed by atoms with Crippen LogP contribution in [-0.4, -0.2) is 24.1 Å². The zero-order chi connectivity index (χ0) is 17.2. The molecule has 0 amide bonds. The highest BCUT2D eigenvalue weighted by molar-refractivity contribution is 6.16. The van der Waals surface area contributed by atoms with E-state index < -0.39 is 17.5 Å². The lowest BCUT2D eigenvalue weighted by atomic mass is 9.76. The Morgan fingerprint density at radius 3 is 2.62 bits per heavy atom. The van der Waals surface area contributed by atoms with Crippen molar-refractivity contribution < 1.29 is 23.5 Å². The molecule has 1 aromatic carbocycles. The molecule has 1 aromatic rings. The predicted molar refractivity (Wildman–Crippen MR) is 85.7 cm³/mol. The van der Waals surface area contributed by atoms with Gasteiger partial charge in [0.2, 0.25) is 0 Å². The molecule has 1 fully saturated rings. The van der Waals surface area contributed by atoms with Crippen molar-refractivity contribution in [2.24, 2.45) is 0 Å². The van der Waals surface area contributed by atoms with Gasteiger partial charge in [0.05, 0.1) is 6.61 Å². The van der Waals surface area contributed by atoms with E-state index in [1.807, 2.05) is 0 Å². The van der Waals surface area contributed by atoms with Crippen LogP contribution in [0.2, 0.25) is 0 Å². The molecule has 1 spiro atoms. The number of carbonyl (C=O) groups is 2. The minimum absolute atomic E-state index is 0.0398. The van der Waals surface area contributed by atoms with Crippen molar-refractivity contribution in [1.29, 1.82) is 0 Å². The van der Waals surface area contributed by atoms with E-state index in [4.69, 9.17) is 9.47 Å². The van der Waals surface area contributed by atoms with Crippen molar-refractivity contribution in [2.45, 2.75) is 51.0 Å². The summed E-state index contributed by atoms with van der Waals surface area (Å²) >= 11 is 0. The van der Waals surface area contributed by atoms with Crippen LogP contribution in [-0.2, 0) is 25.5 Å². The number of ether oxygens (including phenoxy) is 2. The van der Waals surface area contributed by atoms with Gasteiger partial charge in [-0.2, -0.15) is 0 Å². The Morgan fingerprint density at radius 1 is 1.25 bits per heavy atom. The van der Waals surface area contributed by atoms with Crippen molar-refractivity contribution >= 4 is 11.9 Å². The Morgan fingerprint density at radius 2 is 1.96 bits per heavy atom. The quantitative estimate of drug-likeness (QED) is 0.626. The highest BCUT2D eigenvalue weighted by atomic mass is 19.1. The van der Waals surface area contributed by atoms with E-state index >= 15 is 0 Å². The summed E-state index contributed by atoms with van der Waals surface area (Å²) in [5.74, 6) is -1.66. The van der Waals surface area contributed by atoms with Crippen LogP contribution in [0, 0.1) is 5.82 Å². The maximum atomic E-state index is 14.1. The molecule has 0 aromatic heterocycles. The minimum atomic E-state index is -0.778. The van der Waals surface area contributed by atoms with E-state index in [1.54, 1.807) is 25.1 Å². The summed E-state index contributed by atoms with van der Waals surface area (Å²) in [6.45, 7) is 1.86. The predicted octanol–water partition coefficient (Wildman–Crippen LogP) is 3.49. The van der Waals surface area contributed by atoms with Gasteiger partial charge in [-0.25, -0.2) is 14.0 Å². The van der Waals surface area contributed by atoms with Crippen LogP contribution < -0.4 is 0 Å². The number of halogens is 1. The maximum absolute atomic E-state index is 14.1. The minimum Gasteiger partial charge on any atom is -0.462 e. The van der Waals surface area contributed by atoms with Crippen molar-refractivity contribution in [3.8, 4) is 0 Å². The summed E-state index contributed by atoms with van der Waals surface area (Å²) in [5.41, 5.74) is 0.218. The third kappa shape index (κ3) is 2.95. The van der Waals surface area contributed by atoms with Crippen molar-refractivity contribution in [3.05, 3.63) is 46.8 Å². The number of hydrogen-bond acceptors (Lipinski definition) is 4. The summed E-state index contributed by atoms with van der Waals surface area (Å²) in [5, 5.41) is 0. The fourth-order valence-electron chi connectivity index (χ4n) is 3.66. The third-order valence-electron chi connectivity index (χ3n) is 4.81. The second kappa shape index (κ2) is 6.75. The average molecular weight is 332 g/mol. The highest BCUT2D eigenvalue weighted by Gasteiger charge is 2.50. The fourth-order valence-corrected chi connectivity index (χ4v) is 3.66. The normalized spacial score (nSPS) is 19.5. The van der Waals surface area contributed by atoms with Gasteiger partial charge >= 0.3 is 11.9 Å². The standard InChI is InChI=1S/C19H21FO4/c1-2-23-17(21)16-14(12-13-8-4-5-9-15(13)20)19(24-18(16)22)10-6-3-7-11-19/h4-5,8-9H,2-3,6-7,10-12H2,1H3. The molecular weight excluding hydrogens is 311 g/mol. The van der Waals surface area contributed by atoms with Crippen LogP contribution in [0.5, 0.6) is 0 Å². The van der Waals surface area contributed by atoms with E-state index in [2.05, 4.69) is 0 Å². The Bertz CT molecular complexity index is 686. The Labute approximate surface area is 140 Å². The molecule has 128 valence electrons. The lowest BCUT2D eigenvalue weighted by Gasteiger charge is -2.34. The lowest BCUT2D eigenvalue weighted by Crippen LogP contribution is -2.35. The van der Waals surface area contributed by atoms with Gasteiger partial charge in [-0.15, -0.1) is 0 Å². The topological polar surface area (TPSA) is 52.6 Å². The second-order valence-electron chi connectivity index (χ2n) is 6.29. The summed E-state index contributed by atoms with van der Waals surface area (Å²) in [4.78, 5) is 24.7. The van der Waals surface area contributed by atoms with Crippen LogP contribution in [0.15, 0.2) is 35.4 Å². The van der Waals surface area contributed by atoms with Gasteiger partial charge in [-0.3, -0.25) is 0 Å². The largest absolute Gasteiger partial charge is 0.462 e. The zero-order valence-electron chi connectivity index (χ0n) is 13.8. The van der Waals surface area contributed by atoms with Gasteiger partial charge in [0.1, 0.15) is 17.0 Å². The van der Waals surface area contributed by atoms with Crippen molar-refractivity contribution in [2.75, 3.05) is 6.61 Å². The molecular formula is C19H21FO4. The maximum Gasteiger partial charge on any atom is 0.346 e. The molecule has 1 saturated carbocycles. The highest BCUT2D eigenvalue weighted by Crippen LogP contribution is 2.45.